The molecule has 4 atom stereocenters. The molecular formula is C10H17N3O4. The number of hydrogen-bond acceptors (Lipinski definition) is 5. The largest absolute Gasteiger partial charge is 0.394 e. The lowest BCUT2D eigenvalue weighted by Crippen LogP contribution is -2.57. The van der Waals surface area contributed by atoms with Crippen LogP contribution in [0.3, 0.4) is 0 Å². The van der Waals surface area contributed by atoms with Crippen LogP contribution in [0, 0.1) is 5.92 Å². The summed E-state index contributed by atoms with van der Waals surface area (Å²) in [7, 11) is 0. The van der Waals surface area contributed by atoms with Gasteiger partial charge < -0.3 is 15.6 Å². The van der Waals surface area contributed by atoms with Crippen LogP contribution in [0.1, 0.15) is 13.3 Å². The summed E-state index contributed by atoms with van der Waals surface area (Å²) < 4.78 is 5.50. The second-order valence-electron chi connectivity index (χ2n) is 4.56. The van der Waals surface area contributed by atoms with Gasteiger partial charge in [-0.2, -0.15) is 0 Å². The topological polar surface area (TPSA) is 105 Å². The Balaban J connectivity index is 2.03. The molecule has 4 unspecified atom stereocenters. The minimum Gasteiger partial charge on any atom is -0.394 e. The number of ether oxygens (including phenoxy) is 1. The fourth-order valence-electron chi connectivity index (χ4n) is 2.13. The third-order valence-electron chi connectivity index (χ3n) is 3.22. The highest BCUT2D eigenvalue weighted by atomic mass is 16.5. The molecule has 0 aromatic carbocycles. The number of amides is 3. The number of nitrogens with two attached hydrogens (primary N) is 1. The lowest BCUT2D eigenvalue weighted by atomic mass is 10.1. The summed E-state index contributed by atoms with van der Waals surface area (Å²) >= 11 is 0. The van der Waals surface area contributed by atoms with Crippen LogP contribution in [0.4, 0.5) is 4.79 Å². The molecule has 0 saturated carbocycles. The minimum absolute atomic E-state index is 0.165. The van der Waals surface area contributed by atoms with E-state index in [4.69, 9.17) is 15.6 Å². The van der Waals surface area contributed by atoms with E-state index in [0.29, 0.717) is 13.0 Å². The normalized spacial score (nSPS) is 38.4. The quantitative estimate of drug-likeness (QED) is 0.553. The highest BCUT2D eigenvalue weighted by Crippen LogP contribution is 2.24. The SMILES string of the molecule is CC1CN(C2CC(N)C(CO)O2)C(=O)NC1=O. The Hall–Kier alpha value is -1.18. The predicted octanol–water partition coefficient (Wildman–Crippen LogP) is -1.39. The number of nitrogens with zero attached hydrogens (tertiary/aromatic N) is 1. The molecule has 17 heavy (non-hydrogen) atoms. The fraction of sp³-hybridized carbons (Fsp3) is 0.800. The number of aliphatic hydroxyl groups excluding tert-OH is 1. The van der Waals surface area contributed by atoms with Crippen molar-refractivity contribution in [2.75, 3.05) is 13.2 Å². The Bertz CT molecular complexity index is 336. The summed E-state index contributed by atoms with van der Waals surface area (Å²) in [6.07, 6.45) is -0.432. The molecule has 0 aliphatic carbocycles. The van der Waals surface area contributed by atoms with Gasteiger partial charge >= 0.3 is 6.03 Å². The molecule has 2 rings (SSSR count). The zero-order valence-corrected chi connectivity index (χ0v) is 9.63. The average Bonchev–Trinajstić information content (AvgIpc) is 2.65. The van der Waals surface area contributed by atoms with E-state index in [-0.39, 0.29) is 24.5 Å². The van der Waals surface area contributed by atoms with Crippen molar-refractivity contribution in [2.24, 2.45) is 11.7 Å². The Morgan fingerprint density at radius 2 is 2.29 bits per heavy atom. The van der Waals surface area contributed by atoms with Crippen LogP contribution in [0.5, 0.6) is 0 Å². The van der Waals surface area contributed by atoms with Crippen LogP contribution >= 0.6 is 0 Å². The molecule has 2 aliphatic heterocycles. The fourth-order valence-corrected chi connectivity index (χ4v) is 2.13. The Morgan fingerprint density at radius 3 is 2.88 bits per heavy atom. The number of rotatable bonds is 2. The third kappa shape index (κ3) is 2.26. The molecule has 0 bridgehead atoms. The number of hydrogen-bond donors (Lipinski definition) is 3. The van der Waals surface area contributed by atoms with Gasteiger partial charge in [0.05, 0.1) is 18.6 Å². The Morgan fingerprint density at radius 1 is 1.59 bits per heavy atom. The molecule has 0 spiro atoms. The first-order chi connectivity index (χ1) is 8.02. The van der Waals surface area contributed by atoms with Crippen molar-refractivity contribution in [3.63, 3.8) is 0 Å². The molecule has 2 aliphatic rings. The van der Waals surface area contributed by atoms with Crippen molar-refractivity contribution in [1.82, 2.24) is 10.2 Å². The Kier molecular flexibility index (Phi) is 3.32. The lowest BCUT2D eigenvalue weighted by molar-refractivity contribution is -0.128. The maximum atomic E-state index is 11.6. The van der Waals surface area contributed by atoms with E-state index >= 15 is 0 Å². The van der Waals surface area contributed by atoms with Gasteiger partial charge in [-0.15, -0.1) is 0 Å². The predicted molar refractivity (Wildman–Crippen MR) is 57.7 cm³/mol. The second kappa shape index (κ2) is 4.59. The summed E-state index contributed by atoms with van der Waals surface area (Å²) in [4.78, 5) is 24.4. The molecule has 7 nitrogen and oxygen atoms in total. The van der Waals surface area contributed by atoms with Crippen molar-refractivity contribution in [2.45, 2.75) is 31.7 Å². The van der Waals surface area contributed by atoms with E-state index in [0.717, 1.165) is 0 Å². The van der Waals surface area contributed by atoms with Gasteiger partial charge in [0.15, 0.2) is 0 Å². The number of imide groups is 1. The molecule has 2 fully saturated rings. The van der Waals surface area contributed by atoms with Crippen molar-refractivity contribution in [3.8, 4) is 0 Å². The van der Waals surface area contributed by atoms with Crippen LogP contribution in [0.15, 0.2) is 0 Å². The smallest absolute Gasteiger partial charge is 0.326 e. The minimum atomic E-state index is -0.460. The molecule has 2 saturated heterocycles. The number of urea groups is 1. The number of carbonyl (C=O) groups is 2. The summed E-state index contributed by atoms with van der Waals surface area (Å²) in [6.45, 7) is 1.90. The monoisotopic (exact) mass is 243 g/mol. The van der Waals surface area contributed by atoms with E-state index in [1.54, 1.807) is 6.92 Å². The molecule has 0 aromatic heterocycles. The molecule has 4 N–H and O–H groups in total. The van der Waals surface area contributed by atoms with Gasteiger partial charge in [-0.25, -0.2) is 4.79 Å². The van der Waals surface area contributed by atoms with Crippen molar-refractivity contribution in [3.05, 3.63) is 0 Å². The van der Waals surface area contributed by atoms with Crippen LogP contribution in [-0.2, 0) is 9.53 Å². The molecule has 0 radical (unpaired) electrons. The van der Waals surface area contributed by atoms with Crippen molar-refractivity contribution >= 4 is 11.9 Å². The van der Waals surface area contributed by atoms with Crippen LogP contribution in [0.25, 0.3) is 0 Å². The van der Waals surface area contributed by atoms with Crippen molar-refractivity contribution < 1.29 is 19.4 Å². The van der Waals surface area contributed by atoms with Gasteiger partial charge in [-0.1, -0.05) is 6.92 Å². The molecule has 2 heterocycles. The number of aliphatic hydroxyl groups is 1. The summed E-state index contributed by atoms with van der Waals surface area (Å²) in [5.74, 6) is -0.534. The van der Waals surface area contributed by atoms with Gasteiger partial charge in [-0.05, 0) is 0 Å². The van der Waals surface area contributed by atoms with Gasteiger partial charge in [0, 0.05) is 19.0 Å². The van der Waals surface area contributed by atoms with E-state index in [2.05, 4.69) is 5.32 Å². The highest BCUT2D eigenvalue weighted by molar-refractivity contribution is 5.97. The van der Waals surface area contributed by atoms with Crippen molar-refractivity contribution in [1.29, 1.82) is 0 Å². The molecule has 96 valence electrons. The first kappa shape index (κ1) is 12.3. The molecule has 0 aromatic rings. The average molecular weight is 243 g/mol. The lowest BCUT2D eigenvalue weighted by Gasteiger charge is -2.34. The maximum Gasteiger partial charge on any atom is 0.326 e. The zero-order valence-electron chi connectivity index (χ0n) is 9.63. The van der Waals surface area contributed by atoms with Crippen LogP contribution < -0.4 is 11.1 Å². The first-order valence-electron chi connectivity index (χ1n) is 5.66. The molecular weight excluding hydrogens is 226 g/mol. The van der Waals surface area contributed by atoms with Crippen LogP contribution in [0.2, 0.25) is 0 Å². The third-order valence-corrected chi connectivity index (χ3v) is 3.22. The summed E-state index contributed by atoms with van der Waals surface area (Å²) in [5.41, 5.74) is 5.78. The maximum absolute atomic E-state index is 11.6. The van der Waals surface area contributed by atoms with Gasteiger partial charge in [0.1, 0.15) is 6.23 Å². The van der Waals surface area contributed by atoms with E-state index < -0.39 is 18.4 Å². The highest BCUT2D eigenvalue weighted by Gasteiger charge is 2.41. The second-order valence-corrected chi connectivity index (χ2v) is 4.56. The summed E-state index contributed by atoms with van der Waals surface area (Å²) in [5, 5.41) is 11.3. The first-order valence-corrected chi connectivity index (χ1v) is 5.66. The Labute approximate surface area is 98.9 Å². The number of nitrogens with one attached hydrogen (secondary N) is 1. The van der Waals surface area contributed by atoms with E-state index in [9.17, 15) is 9.59 Å². The van der Waals surface area contributed by atoms with E-state index in [1.807, 2.05) is 0 Å². The van der Waals surface area contributed by atoms with Gasteiger partial charge in [0.2, 0.25) is 5.91 Å². The van der Waals surface area contributed by atoms with Gasteiger partial charge in [0.25, 0.3) is 0 Å². The zero-order chi connectivity index (χ0) is 12.6. The summed E-state index contributed by atoms with van der Waals surface area (Å²) in [6, 6.07) is -0.741. The molecule has 3 amide bonds. The molecule has 7 heteroatoms. The number of carbonyl (C=O) groups excluding carboxylic acids is 2. The standard InChI is InChI=1S/C10H17N3O4/c1-5-3-13(10(16)12-9(5)15)8-2-6(11)7(4-14)17-8/h5-8,14H,2-4,11H2,1H3,(H,12,15,16). The van der Waals surface area contributed by atoms with E-state index in [1.165, 1.54) is 4.90 Å². The van der Waals surface area contributed by atoms with Crippen LogP contribution in [-0.4, -0.2) is 53.5 Å². The van der Waals surface area contributed by atoms with Gasteiger partial charge in [-0.3, -0.25) is 15.0 Å².